The minimum absolute atomic E-state index is 0.540. The molecule has 4 nitrogen and oxygen atoms in total. The molecule has 2 N–H and O–H groups in total. The van der Waals surface area contributed by atoms with E-state index < -0.39 is 0 Å². The summed E-state index contributed by atoms with van der Waals surface area (Å²) in [6.45, 7) is 9.97. The Morgan fingerprint density at radius 2 is 2.16 bits per heavy atom. The van der Waals surface area contributed by atoms with E-state index >= 15 is 0 Å². The van der Waals surface area contributed by atoms with E-state index in [9.17, 15) is 0 Å². The molecule has 2 aromatic carbocycles. The fraction of sp³-hybridized carbons (Fsp3) is 0.286. The molecule has 1 atom stereocenters. The summed E-state index contributed by atoms with van der Waals surface area (Å²) in [5, 5.41) is 1.11. The van der Waals surface area contributed by atoms with Gasteiger partial charge in [-0.1, -0.05) is 18.2 Å². The Labute approximate surface area is 147 Å². The van der Waals surface area contributed by atoms with Crippen LogP contribution in [0.1, 0.15) is 12.8 Å². The van der Waals surface area contributed by atoms with E-state index in [4.69, 9.17) is 17.0 Å². The van der Waals surface area contributed by atoms with Crippen molar-refractivity contribution in [2.45, 2.75) is 19.4 Å². The molecule has 1 unspecified atom stereocenters. The molecular formula is C21H21N3O. The summed E-state index contributed by atoms with van der Waals surface area (Å²) in [5.41, 5.74) is 10.8. The molecule has 0 bridgehead atoms. The molecule has 0 aliphatic carbocycles. The third-order valence-corrected chi connectivity index (χ3v) is 4.90. The Hall–Kier alpha value is -2.77. The third kappa shape index (κ3) is 3.11. The van der Waals surface area contributed by atoms with E-state index in [1.165, 1.54) is 6.42 Å². The predicted molar refractivity (Wildman–Crippen MR) is 102 cm³/mol. The van der Waals surface area contributed by atoms with Gasteiger partial charge in [0.1, 0.15) is 0 Å². The number of hydrogen-bond donors (Lipinski definition) is 1. The highest BCUT2D eigenvalue weighted by molar-refractivity contribution is 5.98. The second-order valence-electron chi connectivity index (χ2n) is 6.72. The van der Waals surface area contributed by atoms with Crippen LogP contribution in [0.2, 0.25) is 0 Å². The molecule has 126 valence electrons. The van der Waals surface area contributed by atoms with Gasteiger partial charge in [-0.25, -0.2) is 4.85 Å². The first kappa shape index (κ1) is 15.7. The fourth-order valence-electron chi connectivity index (χ4n) is 3.67. The van der Waals surface area contributed by atoms with Gasteiger partial charge in [0.25, 0.3) is 0 Å². The van der Waals surface area contributed by atoms with Crippen LogP contribution in [0.3, 0.4) is 0 Å². The summed E-state index contributed by atoms with van der Waals surface area (Å²) in [5.74, 6) is 0.540. The molecule has 0 radical (unpaired) electrons. The molecule has 0 amide bonds. The molecule has 1 fully saturated rings. The Kier molecular flexibility index (Phi) is 4.17. The highest BCUT2D eigenvalue weighted by atomic mass is 16.5. The van der Waals surface area contributed by atoms with Crippen LogP contribution in [0.4, 0.5) is 11.4 Å². The van der Waals surface area contributed by atoms with Crippen LogP contribution < -0.4 is 5.73 Å². The first-order valence-corrected chi connectivity index (χ1v) is 8.68. The van der Waals surface area contributed by atoms with Crippen molar-refractivity contribution in [3.05, 3.63) is 60.1 Å². The Morgan fingerprint density at radius 3 is 2.92 bits per heavy atom. The first-order valence-electron chi connectivity index (χ1n) is 8.68. The van der Waals surface area contributed by atoms with E-state index in [0.717, 1.165) is 53.9 Å². The van der Waals surface area contributed by atoms with Gasteiger partial charge in [0, 0.05) is 42.0 Å². The number of fused-ring (bicyclic) bond motifs is 1. The lowest BCUT2D eigenvalue weighted by Gasteiger charge is -2.22. The number of nitrogens with two attached hydrogens (primary N) is 1. The molecule has 0 saturated carbocycles. The van der Waals surface area contributed by atoms with Gasteiger partial charge in [-0.3, -0.25) is 0 Å². The van der Waals surface area contributed by atoms with Gasteiger partial charge in [0.05, 0.1) is 13.2 Å². The van der Waals surface area contributed by atoms with Crippen molar-refractivity contribution >= 4 is 22.3 Å². The number of aromatic nitrogens is 1. The van der Waals surface area contributed by atoms with Crippen molar-refractivity contribution in [2.75, 3.05) is 18.9 Å². The zero-order chi connectivity index (χ0) is 17.2. The zero-order valence-corrected chi connectivity index (χ0v) is 14.1. The Morgan fingerprint density at radius 1 is 1.24 bits per heavy atom. The minimum Gasteiger partial charge on any atom is -0.399 e. The number of ether oxygens (including phenoxy) is 1. The summed E-state index contributed by atoms with van der Waals surface area (Å²) < 4.78 is 7.95. The van der Waals surface area contributed by atoms with Crippen molar-refractivity contribution in [3.63, 3.8) is 0 Å². The van der Waals surface area contributed by atoms with Gasteiger partial charge >= 0.3 is 0 Å². The molecule has 0 spiro atoms. The molecule has 1 saturated heterocycles. The second-order valence-corrected chi connectivity index (χ2v) is 6.72. The minimum atomic E-state index is 0.540. The van der Waals surface area contributed by atoms with E-state index in [1.807, 2.05) is 30.3 Å². The highest BCUT2D eigenvalue weighted by Crippen LogP contribution is 2.35. The van der Waals surface area contributed by atoms with Crippen LogP contribution in [0.25, 0.3) is 26.9 Å². The number of benzene rings is 2. The number of nitrogen functional groups attached to an aromatic ring is 1. The summed E-state index contributed by atoms with van der Waals surface area (Å²) in [7, 11) is 0. The van der Waals surface area contributed by atoms with Crippen LogP contribution in [0.15, 0.2) is 48.7 Å². The molecule has 25 heavy (non-hydrogen) atoms. The number of anilines is 1. The van der Waals surface area contributed by atoms with Crippen molar-refractivity contribution in [3.8, 4) is 11.1 Å². The fourth-order valence-corrected chi connectivity index (χ4v) is 3.67. The Balaban J connectivity index is 1.82. The quantitative estimate of drug-likeness (QED) is 0.550. The molecule has 1 aromatic heterocycles. The van der Waals surface area contributed by atoms with E-state index in [2.05, 4.69) is 27.7 Å². The van der Waals surface area contributed by atoms with Gasteiger partial charge in [0.15, 0.2) is 5.69 Å². The molecule has 4 rings (SSSR count). The van der Waals surface area contributed by atoms with Gasteiger partial charge in [-0.05, 0) is 48.1 Å². The molecule has 3 aromatic rings. The van der Waals surface area contributed by atoms with Crippen molar-refractivity contribution in [1.29, 1.82) is 0 Å². The van der Waals surface area contributed by atoms with Gasteiger partial charge < -0.3 is 15.0 Å². The van der Waals surface area contributed by atoms with Crippen molar-refractivity contribution in [2.24, 2.45) is 5.92 Å². The Bertz CT molecular complexity index is 945. The molecule has 4 heteroatoms. The smallest absolute Gasteiger partial charge is 0.188 e. The maximum Gasteiger partial charge on any atom is 0.188 e. The number of rotatable bonds is 3. The molecule has 1 aliphatic rings. The summed E-state index contributed by atoms with van der Waals surface area (Å²) in [6.07, 6.45) is 4.53. The largest absolute Gasteiger partial charge is 0.399 e. The maximum absolute atomic E-state index is 7.32. The SMILES string of the molecule is [C-]#[N+]c1ccc2c(c1)c(-c1cccc(N)c1)cn2CC1CCCOC1. The average molecular weight is 331 g/mol. The van der Waals surface area contributed by atoms with Gasteiger partial charge in [-0.2, -0.15) is 0 Å². The van der Waals surface area contributed by atoms with Crippen LogP contribution >= 0.6 is 0 Å². The second kappa shape index (κ2) is 6.62. The number of hydrogen-bond acceptors (Lipinski definition) is 2. The van der Waals surface area contributed by atoms with Crippen molar-refractivity contribution < 1.29 is 4.74 Å². The van der Waals surface area contributed by atoms with E-state index in [1.54, 1.807) is 0 Å². The zero-order valence-electron chi connectivity index (χ0n) is 14.1. The average Bonchev–Trinajstić information content (AvgIpc) is 3.00. The topological polar surface area (TPSA) is 44.5 Å². The van der Waals surface area contributed by atoms with Crippen LogP contribution in [-0.2, 0) is 11.3 Å². The van der Waals surface area contributed by atoms with Crippen LogP contribution in [0, 0.1) is 12.5 Å². The predicted octanol–water partition coefficient (Wildman–Crippen LogP) is 4.87. The van der Waals surface area contributed by atoms with Gasteiger partial charge in [-0.15, -0.1) is 0 Å². The monoisotopic (exact) mass is 331 g/mol. The van der Waals surface area contributed by atoms with Crippen molar-refractivity contribution in [1.82, 2.24) is 4.57 Å². The normalized spacial score (nSPS) is 17.5. The van der Waals surface area contributed by atoms with E-state index in [0.29, 0.717) is 11.6 Å². The maximum atomic E-state index is 7.32. The van der Waals surface area contributed by atoms with Gasteiger partial charge in [0.2, 0.25) is 0 Å². The third-order valence-electron chi connectivity index (χ3n) is 4.90. The van der Waals surface area contributed by atoms with Crippen LogP contribution in [0.5, 0.6) is 0 Å². The molecular weight excluding hydrogens is 310 g/mol. The molecule has 1 aliphatic heterocycles. The first-order chi connectivity index (χ1) is 12.2. The highest BCUT2D eigenvalue weighted by Gasteiger charge is 2.17. The lowest BCUT2D eigenvalue weighted by atomic mass is 10.0. The van der Waals surface area contributed by atoms with Crippen LogP contribution in [-0.4, -0.2) is 17.8 Å². The lowest BCUT2D eigenvalue weighted by molar-refractivity contribution is 0.0488. The summed E-state index contributed by atoms with van der Waals surface area (Å²) >= 11 is 0. The lowest BCUT2D eigenvalue weighted by Crippen LogP contribution is -2.21. The summed E-state index contributed by atoms with van der Waals surface area (Å²) in [4.78, 5) is 3.59. The summed E-state index contributed by atoms with van der Waals surface area (Å²) in [6, 6.07) is 13.9. The van der Waals surface area contributed by atoms with E-state index in [-0.39, 0.29) is 0 Å². The standard InChI is InChI=1S/C21H21N3O/c1-23-18-7-8-21-19(11-18)20(16-5-2-6-17(22)10-16)13-24(21)12-15-4-3-9-25-14-15/h2,5-8,10-11,13,15H,3-4,9,12,14,22H2. The number of nitrogens with zero attached hydrogens (tertiary/aromatic N) is 2. The molecule has 2 heterocycles.